The van der Waals surface area contributed by atoms with Gasteiger partial charge < -0.3 is 15.5 Å². The highest BCUT2D eigenvalue weighted by molar-refractivity contribution is 6.29. The van der Waals surface area contributed by atoms with Crippen LogP contribution in [0.15, 0.2) is 12.1 Å². The van der Waals surface area contributed by atoms with Crippen LogP contribution in [0, 0.1) is 0 Å². The maximum Gasteiger partial charge on any atom is 0.339 e. The molecule has 0 aliphatic carbocycles. The topological polar surface area (TPSA) is 82.5 Å². The van der Waals surface area contributed by atoms with Crippen LogP contribution in [0.2, 0.25) is 5.15 Å². The van der Waals surface area contributed by atoms with Gasteiger partial charge >= 0.3 is 5.97 Å². The van der Waals surface area contributed by atoms with Gasteiger partial charge in [-0.2, -0.15) is 0 Å². The van der Waals surface area contributed by atoms with Crippen molar-refractivity contribution in [2.75, 3.05) is 11.9 Å². The molecule has 0 saturated heterocycles. The van der Waals surface area contributed by atoms with Gasteiger partial charge in [0.05, 0.1) is 12.6 Å². The number of halogens is 1. The molecular weight excluding hydrogens is 232 g/mol. The molecule has 5 nitrogen and oxygen atoms in total. The quantitative estimate of drug-likeness (QED) is 0.686. The Hall–Kier alpha value is -1.33. The standard InChI is InChI=1S/C10H13ClN2O3/c1-2-6(5-14)12-9-7(10(15)16)3-4-8(11)13-9/h3-4,6,14H,2,5H2,1H3,(H,12,13)(H,15,16). The summed E-state index contributed by atoms with van der Waals surface area (Å²) in [5.74, 6) is -0.902. The van der Waals surface area contributed by atoms with Crippen LogP contribution in [0.25, 0.3) is 0 Å². The van der Waals surface area contributed by atoms with E-state index in [1.165, 1.54) is 12.1 Å². The SMILES string of the molecule is CCC(CO)Nc1nc(Cl)ccc1C(=O)O. The van der Waals surface area contributed by atoms with Crippen LogP contribution in [-0.4, -0.2) is 33.8 Å². The van der Waals surface area contributed by atoms with Gasteiger partial charge in [0.15, 0.2) is 0 Å². The number of hydrogen-bond donors (Lipinski definition) is 3. The van der Waals surface area contributed by atoms with Crippen molar-refractivity contribution in [2.24, 2.45) is 0 Å². The highest BCUT2D eigenvalue weighted by Crippen LogP contribution is 2.17. The summed E-state index contributed by atoms with van der Waals surface area (Å²) in [5.41, 5.74) is 0.0382. The highest BCUT2D eigenvalue weighted by atomic mass is 35.5. The van der Waals surface area contributed by atoms with Crippen LogP contribution in [0.1, 0.15) is 23.7 Å². The van der Waals surface area contributed by atoms with E-state index in [0.717, 1.165) is 0 Å². The minimum Gasteiger partial charge on any atom is -0.478 e. The highest BCUT2D eigenvalue weighted by Gasteiger charge is 2.14. The molecule has 0 spiro atoms. The van der Waals surface area contributed by atoms with E-state index >= 15 is 0 Å². The van der Waals surface area contributed by atoms with Crippen molar-refractivity contribution < 1.29 is 15.0 Å². The maximum absolute atomic E-state index is 10.9. The molecule has 0 amide bonds. The summed E-state index contributed by atoms with van der Waals surface area (Å²) < 4.78 is 0. The zero-order valence-electron chi connectivity index (χ0n) is 8.77. The second-order valence-corrected chi connectivity index (χ2v) is 3.65. The number of carbonyl (C=O) groups is 1. The smallest absolute Gasteiger partial charge is 0.339 e. The Morgan fingerprint density at radius 1 is 1.62 bits per heavy atom. The van der Waals surface area contributed by atoms with Gasteiger partial charge in [0, 0.05) is 0 Å². The van der Waals surface area contributed by atoms with Crippen molar-refractivity contribution in [1.82, 2.24) is 4.98 Å². The Bertz CT molecular complexity index is 380. The lowest BCUT2D eigenvalue weighted by Crippen LogP contribution is -2.24. The van der Waals surface area contributed by atoms with Crippen molar-refractivity contribution in [3.05, 3.63) is 22.8 Å². The molecule has 88 valence electrons. The number of pyridine rings is 1. The number of nitrogens with zero attached hydrogens (tertiary/aromatic N) is 1. The first kappa shape index (κ1) is 12.7. The molecule has 6 heteroatoms. The molecule has 0 bridgehead atoms. The van der Waals surface area contributed by atoms with Crippen molar-refractivity contribution in [3.63, 3.8) is 0 Å². The third-order valence-corrected chi connectivity index (χ3v) is 2.36. The summed E-state index contributed by atoms with van der Waals surface area (Å²) in [6, 6.07) is 2.56. The van der Waals surface area contributed by atoms with E-state index in [1.54, 1.807) is 0 Å². The third kappa shape index (κ3) is 3.08. The monoisotopic (exact) mass is 244 g/mol. The number of aromatic carboxylic acids is 1. The summed E-state index contributed by atoms with van der Waals surface area (Å²) in [7, 11) is 0. The van der Waals surface area contributed by atoms with Gasteiger partial charge in [-0.1, -0.05) is 18.5 Å². The van der Waals surface area contributed by atoms with Crippen LogP contribution in [0.4, 0.5) is 5.82 Å². The van der Waals surface area contributed by atoms with E-state index < -0.39 is 5.97 Å². The Kier molecular flexibility index (Phi) is 4.52. The zero-order chi connectivity index (χ0) is 12.1. The summed E-state index contributed by atoms with van der Waals surface area (Å²) in [4.78, 5) is 14.8. The van der Waals surface area contributed by atoms with Crippen LogP contribution in [-0.2, 0) is 0 Å². The summed E-state index contributed by atoms with van der Waals surface area (Å²) in [6.07, 6.45) is 0.657. The molecule has 0 aliphatic rings. The molecule has 0 aromatic carbocycles. The number of aliphatic hydroxyl groups is 1. The number of rotatable bonds is 5. The van der Waals surface area contributed by atoms with Crippen molar-refractivity contribution in [1.29, 1.82) is 0 Å². The molecule has 1 rings (SSSR count). The lowest BCUT2D eigenvalue weighted by molar-refractivity contribution is 0.0697. The first-order chi connectivity index (χ1) is 7.58. The molecule has 1 atom stereocenters. The molecule has 16 heavy (non-hydrogen) atoms. The van der Waals surface area contributed by atoms with Crippen molar-refractivity contribution in [3.8, 4) is 0 Å². The largest absolute Gasteiger partial charge is 0.478 e. The minimum absolute atomic E-state index is 0.0382. The van der Waals surface area contributed by atoms with Crippen molar-refractivity contribution in [2.45, 2.75) is 19.4 Å². The van der Waals surface area contributed by atoms with Crippen LogP contribution in [0.5, 0.6) is 0 Å². The second kappa shape index (κ2) is 5.67. The van der Waals surface area contributed by atoms with Crippen LogP contribution in [0.3, 0.4) is 0 Å². The van der Waals surface area contributed by atoms with Gasteiger partial charge in [-0.05, 0) is 18.6 Å². The van der Waals surface area contributed by atoms with Gasteiger partial charge in [-0.25, -0.2) is 9.78 Å². The van der Waals surface area contributed by atoms with E-state index in [2.05, 4.69) is 10.3 Å². The molecule has 1 aromatic rings. The first-order valence-electron chi connectivity index (χ1n) is 4.85. The predicted octanol–water partition coefficient (Wildman–Crippen LogP) is 1.62. The normalized spacial score (nSPS) is 12.2. The molecule has 1 heterocycles. The lowest BCUT2D eigenvalue weighted by Gasteiger charge is -2.16. The van der Waals surface area contributed by atoms with Crippen molar-refractivity contribution >= 4 is 23.4 Å². The van der Waals surface area contributed by atoms with Gasteiger partial charge in [-0.3, -0.25) is 0 Å². The molecule has 3 N–H and O–H groups in total. The Morgan fingerprint density at radius 2 is 2.31 bits per heavy atom. The number of anilines is 1. The number of aromatic nitrogens is 1. The number of nitrogens with one attached hydrogen (secondary N) is 1. The molecule has 1 unspecified atom stereocenters. The summed E-state index contributed by atoms with van der Waals surface area (Å²) >= 11 is 5.68. The van der Waals surface area contributed by atoms with E-state index in [1.807, 2.05) is 6.92 Å². The number of aliphatic hydroxyl groups excluding tert-OH is 1. The first-order valence-corrected chi connectivity index (χ1v) is 5.23. The molecule has 0 aliphatic heterocycles. The fraction of sp³-hybridized carbons (Fsp3) is 0.400. The van der Waals surface area contributed by atoms with Crippen LogP contribution >= 0.6 is 11.6 Å². The average molecular weight is 245 g/mol. The summed E-state index contributed by atoms with van der Waals surface area (Å²) in [5, 5.41) is 21.0. The summed E-state index contributed by atoms with van der Waals surface area (Å²) in [6.45, 7) is 1.78. The molecule has 0 fully saturated rings. The molecule has 1 aromatic heterocycles. The van der Waals surface area contributed by atoms with E-state index in [0.29, 0.717) is 6.42 Å². The minimum atomic E-state index is -1.08. The lowest BCUT2D eigenvalue weighted by atomic mass is 10.2. The van der Waals surface area contributed by atoms with E-state index in [4.69, 9.17) is 21.8 Å². The Morgan fingerprint density at radius 3 is 2.81 bits per heavy atom. The molecule has 0 saturated carbocycles. The number of carboxylic acid groups (broad SMARTS) is 1. The fourth-order valence-electron chi connectivity index (χ4n) is 1.19. The Balaban J connectivity index is 3.00. The van der Waals surface area contributed by atoms with Gasteiger partial charge in [-0.15, -0.1) is 0 Å². The average Bonchev–Trinajstić information content (AvgIpc) is 2.25. The van der Waals surface area contributed by atoms with E-state index in [9.17, 15) is 4.79 Å². The van der Waals surface area contributed by atoms with E-state index in [-0.39, 0.29) is 29.2 Å². The fourth-order valence-corrected chi connectivity index (χ4v) is 1.34. The number of carboxylic acids is 1. The Labute approximate surface area is 98.1 Å². The van der Waals surface area contributed by atoms with Gasteiger partial charge in [0.25, 0.3) is 0 Å². The van der Waals surface area contributed by atoms with Crippen LogP contribution < -0.4 is 5.32 Å². The predicted molar refractivity (Wildman–Crippen MR) is 61.0 cm³/mol. The maximum atomic E-state index is 10.9. The third-order valence-electron chi connectivity index (χ3n) is 2.15. The molecule has 0 radical (unpaired) electrons. The molecular formula is C10H13ClN2O3. The number of hydrogen-bond acceptors (Lipinski definition) is 4. The second-order valence-electron chi connectivity index (χ2n) is 3.27. The van der Waals surface area contributed by atoms with Gasteiger partial charge in [0.1, 0.15) is 16.5 Å². The zero-order valence-corrected chi connectivity index (χ0v) is 9.53. The van der Waals surface area contributed by atoms with Gasteiger partial charge in [0.2, 0.25) is 0 Å².